The van der Waals surface area contributed by atoms with E-state index < -0.39 is 0 Å². The standard InChI is InChI=1S/C11H25N3O2/c1-9(4-7-15)8-13-6-5-11(2,3)10(12)14-16/h9,13,15-16H,4-8H2,1-3H3,(H2,12,14). The van der Waals surface area contributed by atoms with Gasteiger partial charge in [0.15, 0.2) is 0 Å². The third-order valence-electron chi connectivity index (χ3n) is 2.84. The maximum atomic E-state index is 8.74. The third kappa shape index (κ3) is 5.92. The van der Waals surface area contributed by atoms with Gasteiger partial charge in [-0.3, -0.25) is 0 Å². The second-order valence-corrected chi connectivity index (χ2v) is 4.94. The molecular weight excluding hydrogens is 206 g/mol. The molecule has 0 spiro atoms. The second-order valence-electron chi connectivity index (χ2n) is 4.94. The number of hydrogen-bond acceptors (Lipinski definition) is 4. The normalized spacial score (nSPS) is 15.1. The molecule has 1 unspecified atom stereocenters. The molecule has 5 heteroatoms. The fraction of sp³-hybridized carbons (Fsp3) is 0.909. The Morgan fingerprint density at radius 3 is 2.62 bits per heavy atom. The Labute approximate surface area is 97.7 Å². The quantitative estimate of drug-likeness (QED) is 0.163. The van der Waals surface area contributed by atoms with Gasteiger partial charge in [0.2, 0.25) is 0 Å². The van der Waals surface area contributed by atoms with E-state index in [1.807, 2.05) is 13.8 Å². The molecule has 0 aromatic rings. The van der Waals surface area contributed by atoms with Crippen LogP contribution in [0.2, 0.25) is 0 Å². The first-order valence-corrected chi connectivity index (χ1v) is 5.73. The predicted octanol–water partition coefficient (Wildman–Crippen LogP) is 0.757. The Bertz CT molecular complexity index is 217. The first-order valence-electron chi connectivity index (χ1n) is 5.73. The lowest BCUT2D eigenvalue weighted by molar-refractivity contribution is 0.259. The number of hydrogen-bond donors (Lipinski definition) is 4. The number of oxime groups is 1. The van der Waals surface area contributed by atoms with Gasteiger partial charge in [0.25, 0.3) is 0 Å². The molecule has 0 aromatic carbocycles. The van der Waals surface area contributed by atoms with Gasteiger partial charge >= 0.3 is 0 Å². The summed E-state index contributed by atoms with van der Waals surface area (Å²) in [5, 5.41) is 23.7. The van der Waals surface area contributed by atoms with Crippen molar-refractivity contribution < 1.29 is 10.3 Å². The molecule has 0 radical (unpaired) electrons. The Morgan fingerprint density at radius 1 is 1.50 bits per heavy atom. The topological polar surface area (TPSA) is 90.9 Å². The van der Waals surface area contributed by atoms with Crippen molar-refractivity contribution in [1.29, 1.82) is 0 Å². The van der Waals surface area contributed by atoms with Crippen LogP contribution in [-0.2, 0) is 0 Å². The molecule has 5 nitrogen and oxygen atoms in total. The van der Waals surface area contributed by atoms with E-state index in [0.29, 0.717) is 5.92 Å². The molecule has 0 aromatic heterocycles. The fourth-order valence-corrected chi connectivity index (χ4v) is 1.34. The van der Waals surface area contributed by atoms with Crippen molar-refractivity contribution >= 4 is 5.84 Å². The number of aliphatic hydroxyl groups excluding tert-OH is 1. The van der Waals surface area contributed by atoms with Crippen LogP contribution >= 0.6 is 0 Å². The third-order valence-corrected chi connectivity index (χ3v) is 2.84. The van der Waals surface area contributed by atoms with Crippen LogP contribution in [0.25, 0.3) is 0 Å². The van der Waals surface area contributed by atoms with Crippen molar-refractivity contribution in [3.05, 3.63) is 0 Å². The lowest BCUT2D eigenvalue weighted by Gasteiger charge is -2.23. The van der Waals surface area contributed by atoms with E-state index >= 15 is 0 Å². The lowest BCUT2D eigenvalue weighted by atomic mass is 9.88. The molecule has 16 heavy (non-hydrogen) atoms. The number of rotatable bonds is 8. The van der Waals surface area contributed by atoms with E-state index in [4.69, 9.17) is 16.0 Å². The number of amidine groups is 1. The smallest absolute Gasteiger partial charge is 0.144 e. The second kappa shape index (κ2) is 7.46. The molecule has 0 rings (SSSR count). The summed E-state index contributed by atoms with van der Waals surface area (Å²) in [5.74, 6) is 0.731. The average Bonchev–Trinajstić information content (AvgIpc) is 2.23. The lowest BCUT2D eigenvalue weighted by Crippen LogP contribution is -2.35. The molecule has 0 bridgehead atoms. The minimum atomic E-state index is -0.290. The summed E-state index contributed by atoms with van der Waals surface area (Å²) in [6, 6.07) is 0. The largest absolute Gasteiger partial charge is 0.409 e. The van der Waals surface area contributed by atoms with E-state index in [-0.39, 0.29) is 17.9 Å². The first kappa shape index (κ1) is 15.2. The summed E-state index contributed by atoms with van der Waals surface area (Å²) < 4.78 is 0. The molecule has 0 aliphatic heterocycles. The number of nitrogens with one attached hydrogen (secondary N) is 1. The van der Waals surface area contributed by atoms with Crippen LogP contribution < -0.4 is 11.1 Å². The Hall–Kier alpha value is -0.810. The van der Waals surface area contributed by atoms with Gasteiger partial charge in [-0.05, 0) is 31.8 Å². The minimum absolute atomic E-state index is 0.235. The van der Waals surface area contributed by atoms with Gasteiger partial charge in [-0.25, -0.2) is 0 Å². The Balaban J connectivity index is 3.74. The summed E-state index contributed by atoms with van der Waals surface area (Å²) in [6.07, 6.45) is 1.63. The monoisotopic (exact) mass is 231 g/mol. The van der Waals surface area contributed by atoms with Crippen LogP contribution in [0.4, 0.5) is 0 Å². The van der Waals surface area contributed by atoms with E-state index in [1.54, 1.807) is 0 Å². The summed E-state index contributed by atoms with van der Waals surface area (Å²) >= 11 is 0. The number of aliphatic hydroxyl groups is 1. The van der Waals surface area contributed by atoms with Crippen molar-refractivity contribution in [3.8, 4) is 0 Å². The van der Waals surface area contributed by atoms with E-state index in [9.17, 15) is 0 Å². The van der Waals surface area contributed by atoms with E-state index in [0.717, 1.165) is 25.9 Å². The maximum absolute atomic E-state index is 8.74. The van der Waals surface area contributed by atoms with Crippen molar-refractivity contribution in [3.63, 3.8) is 0 Å². The van der Waals surface area contributed by atoms with E-state index in [2.05, 4.69) is 17.4 Å². The number of nitrogens with two attached hydrogens (primary N) is 1. The van der Waals surface area contributed by atoms with Gasteiger partial charge in [0.05, 0.1) is 0 Å². The van der Waals surface area contributed by atoms with Gasteiger partial charge in [-0.2, -0.15) is 0 Å². The molecule has 1 atom stereocenters. The zero-order valence-electron chi connectivity index (χ0n) is 10.5. The van der Waals surface area contributed by atoms with Gasteiger partial charge in [0, 0.05) is 12.0 Å². The van der Waals surface area contributed by atoms with Crippen LogP contribution in [0, 0.1) is 11.3 Å². The molecule has 0 saturated carbocycles. The highest BCUT2D eigenvalue weighted by Crippen LogP contribution is 2.19. The molecule has 0 heterocycles. The highest BCUT2D eigenvalue weighted by Gasteiger charge is 2.22. The summed E-state index contributed by atoms with van der Waals surface area (Å²) in [4.78, 5) is 0. The van der Waals surface area contributed by atoms with Crippen molar-refractivity contribution in [2.75, 3.05) is 19.7 Å². The molecule has 0 aliphatic carbocycles. The van der Waals surface area contributed by atoms with Gasteiger partial charge in [-0.1, -0.05) is 25.9 Å². The predicted molar refractivity (Wildman–Crippen MR) is 65.5 cm³/mol. The van der Waals surface area contributed by atoms with Crippen LogP contribution in [0.1, 0.15) is 33.6 Å². The summed E-state index contributed by atoms with van der Waals surface area (Å²) in [5.41, 5.74) is 5.29. The average molecular weight is 231 g/mol. The maximum Gasteiger partial charge on any atom is 0.144 e. The molecule has 0 saturated heterocycles. The number of nitrogens with zero attached hydrogens (tertiary/aromatic N) is 1. The summed E-state index contributed by atoms with van der Waals surface area (Å²) in [6.45, 7) is 7.92. The first-order chi connectivity index (χ1) is 7.44. The van der Waals surface area contributed by atoms with Crippen molar-refractivity contribution in [1.82, 2.24) is 5.32 Å². The molecule has 96 valence electrons. The fourth-order valence-electron chi connectivity index (χ4n) is 1.34. The zero-order valence-corrected chi connectivity index (χ0v) is 10.5. The zero-order chi connectivity index (χ0) is 12.6. The molecule has 0 aliphatic rings. The van der Waals surface area contributed by atoms with Gasteiger partial charge < -0.3 is 21.4 Å². The highest BCUT2D eigenvalue weighted by molar-refractivity contribution is 5.85. The van der Waals surface area contributed by atoms with Crippen LogP contribution in [0.3, 0.4) is 0 Å². The van der Waals surface area contributed by atoms with Crippen LogP contribution in [-0.4, -0.2) is 35.8 Å². The Kier molecular flexibility index (Phi) is 7.08. The van der Waals surface area contributed by atoms with Gasteiger partial charge in [-0.15, -0.1) is 0 Å². The van der Waals surface area contributed by atoms with E-state index in [1.165, 1.54) is 0 Å². The SMILES string of the molecule is CC(CCO)CNCCC(C)(C)C(N)=NO. The highest BCUT2D eigenvalue weighted by atomic mass is 16.4. The minimum Gasteiger partial charge on any atom is -0.409 e. The van der Waals surface area contributed by atoms with Crippen molar-refractivity contribution in [2.45, 2.75) is 33.6 Å². The molecular formula is C11H25N3O2. The van der Waals surface area contributed by atoms with Crippen LogP contribution in [0.5, 0.6) is 0 Å². The van der Waals surface area contributed by atoms with Crippen LogP contribution in [0.15, 0.2) is 5.16 Å². The molecule has 0 amide bonds. The summed E-state index contributed by atoms with van der Waals surface area (Å²) in [7, 11) is 0. The molecule has 5 N–H and O–H groups in total. The molecule has 0 fully saturated rings. The van der Waals surface area contributed by atoms with Crippen molar-refractivity contribution in [2.24, 2.45) is 22.2 Å². The Morgan fingerprint density at radius 2 is 2.12 bits per heavy atom. The van der Waals surface area contributed by atoms with Gasteiger partial charge in [0.1, 0.15) is 5.84 Å².